The molecule has 3 rings (SSSR count). The highest BCUT2D eigenvalue weighted by Crippen LogP contribution is 2.27. The number of hydrogen-bond acceptors (Lipinski definition) is 7. The zero-order chi connectivity index (χ0) is 23.6. The van der Waals surface area contributed by atoms with Crippen LogP contribution >= 0.6 is 0 Å². The lowest BCUT2D eigenvalue weighted by Crippen LogP contribution is -2.32. The molecule has 1 heterocycles. The number of nitrogens with zero attached hydrogens (tertiary/aromatic N) is 2. The van der Waals surface area contributed by atoms with Gasteiger partial charge in [-0.25, -0.2) is 9.97 Å². The first-order valence-electron chi connectivity index (χ1n) is 10.4. The maximum Gasteiger partial charge on any atom is 0.273 e. The number of hydrogen-bond donors (Lipinski definition) is 3. The fourth-order valence-corrected chi connectivity index (χ4v) is 3.29. The molecule has 0 spiro atoms. The molecule has 172 valence electrons. The van der Waals surface area contributed by atoms with Gasteiger partial charge >= 0.3 is 0 Å². The number of nitrogen functional groups attached to an aromatic ring is 1. The third-order valence-electron chi connectivity index (χ3n) is 5.03. The number of nitrogens with one attached hydrogen (secondary N) is 2. The van der Waals surface area contributed by atoms with Crippen molar-refractivity contribution in [3.63, 3.8) is 0 Å². The standard InChI is InChI=1S/C24H27N5O4/c1-32-19-6-4-3-5-18(19)21(33-2)24(31)28-12-11-16-7-9-17(10-8-16)15-29-23(30)20-22(25)27-14-13-26-20/h3-10,13-14,21H,11-12,15H2,1-2H3,(H2,25,27)(H,28,31)(H,29,30)/t21-/m0/s1. The summed E-state index contributed by atoms with van der Waals surface area (Å²) in [7, 11) is 3.05. The summed E-state index contributed by atoms with van der Waals surface area (Å²) in [5.74, 6) is 0.0812. The molecule has 0 saturated carbocycles. The molecule has 3 aromatic rings. The van der Waals surface area contributed by atoms with E-state index in [9.17, 15) is 9.59 Å². The third kappa shape index (κ3) is 6.27. The topological polar surface area (TPSA) is 128 Å². The van der Waals surface area contributed by atoms with Crippen molar-refractivity contribution >= 4 is 17.6 Å². The highest BCUT2D eigenvalue weighted by Gasteiger charge is 2.23. The van der Waals surface area contributed by atoms with Gasteiger partial charge in [0.25, 0.3) is 11.8 Å². The van der Waals surface area contributed by atoms with Crippen molar-refractivity contribution in [2.75, 3.05) is 26.5 Å². The van der Waals surface area contributed by atoms with Gasteiger partial charge in [-0.2, -0.15) is 0 Å². The van der Waals surface area contributed by atoms with Crippen molar-refractivity contribution in [3.05, 3.63) is 83.3 Å². The highest BCUT2D eigenvalue weighted by atomic mass is 16.5. The summed E-state index contributed by atoms with van der Waals surface area (Å²) in [6, 6.07) is 15.0. The number of carbonyl (C=O) groups excluding carboxylic acids is 2. The van der Waals surface area contributed by atoms with E-state index in [1.807, 2.05) is 42.5 Å². The van der Waals surface area contributed by atoms with Gasteiger partial charge in [-0.3, -0.25) is 9.59 Å². The van der Waals surface area contributed by atoms with Crippen molar-refractivity contribution in [1.29, 1.82) is 0 Å². The summed E-state index contributed by atoms with van der Waals surface area (Å²) in [5.41, 5.74) is 8.43. The zero-order valence-electron chi connectivity index (χ0n) is 18.6. The van der Waals surface area contributed by atoms with Crippen LogP contribution in [-0.2, 0) is 22.5 Å². The van der Waals surface area contributed by atoms with Gasteiger partial charge < -0.3 is 25.8 Å². The molecule has 0 fully saturated rings. The van der Waals surface area contributed by atoms with E-state index in [2.05, 4.69) is 20.6 Å². The van der Waals surface area contributed by atoms with Crippen LogP contribution in [0, 0.1) is 0 Å². The van der Waals surface area contributed by atoms with E-state index in [4.69, 9.17) is 15.2 Å². The van der Waals surface area contributed by atoms with E-state index >= 15 is 0 Å². The van der Waals surface area contributed by atoms with E-state index in [0.29, 0.717) is 30.8 Å². The Hall–Kier alpha value is -3.98. The summed E-state index contributed by atoms with van der Waals surface area (Å²) in [5, 5.41) is 5.68. The van der Waals surface area contributed by atoms with Gasteiger partial charge in [-0.05, 0) is 23.6 Å². The van der Waals surface area contributed by atoms with Crippen molar-refractivity contribution in [1.82, 2.24) is 20.6 Å². The minimum atomic E-state index is -0.754. The Morgan fingerprint density at radius 2 is 1.67 bits per heavy atom. The lowest BCUT2D eigenvalue weighted by Gasteiger charge is -2.18. The van der Waals surface area contributed by atoms with Gasteiger partial charge in [-0.1, -0.05) is 42.5 Å². The highest BCUT2D eigenvalue weighted by molar-refractivity contribution is 5.96. The molecular weight excluding hydrogens is 422 g/mol. The molecule has 0 aliphatic rings. The zero-order valence-corrected chi connectivity index (χ0v) is 18.6. The fourth-order valence-electron chi connectivity index (χ4n) is 3.29. The molecule has 1 atom stereocenters. The van der Waals surface area contributed by atoms with Gasteiger partial charge in [0.1, 0.15) is 5.75 Å². The van der Waals surface area contributed by atoms with Crippen molar-refractivity contribution in [3.8, 4) is 5.75 Å². The van der Waals surface area contributed by atoms with Crippen LogP contribution in [0.15, 0.2) is 60.9 Å². The molecule has 0 saturated heterocycles. The monoisotopic (exact) mass is 449 g/mol. The van der Waals surface area contributed by atoms with E-state index in [-0.39, 0.29) is 23.3 Å². The van der Waals surface area contributed by atoms with Gasteiger partial charge in [0.2, 0.25) is 0 Å². The minimum Gasteiger partial charge on any atom is -0.496 e. The second-order valence-corrected chi connectivity index (χ2v) is 7.19. The Balaban J connectivity index is 1.48. The largest absolute Gasteiger partial charge is 0.496 e. The van der Waals surface area contributed by atoms with E-state index in [0.717, 1.165) is 11.1 Å². The summed E-state index contributed by atoms with van der Waals surface area (Å²) in [4.78, 5) is 32.6. The second-order valence-electron chi connectivity index (χ2n) is 7.19. The molecule has 2 aromatic carbocycles. The maximum atomic E-state index is 12.6. The predicted octanol–water partition coefficient (Wildman–Crippen LogP) is 2.04. The third-order valence-corrected chi connectivity index (χ3v) is 5.03. The predicted molar refractivity (Wildman–Crippen MR) is 124 cm³/mol. The number of benzene rings is 2. The molecule has 9 heteroatoms. The van der Waals surface area contributed by atoms with Crippen LogP contribution < -0.4 is 21.1 Å². The fraction of sp³-hybridized carbons (Fsp3) is 0.250. The smallest absolute Gasteiger partial charge is 0.273 e. The average molecular weight is 450 g/mol. The molecule has 9 nitrogen and oxygen atoms in total. The Labute approximate surface area is 192 Å². The molecule has 0 bridgehead atoms. The van der Waals surface area contributed by atoms with Crippen LogP contribution in [0.1, 0.15) is 33.3 Å². The summed E-state index contributed by atoms with van der Waals surface area (Å²) < 4.78 is 10.7. The maximum absolute atomic E-state index is 12.6. The quantitative estimate of drug-likeness (QED) is 0.432. The SMILES string of the molecule is COc1ccccc1[C@H](OC)C(=O)NCCc1ccc(CNC(=O)c2nccnc2N)cc1. The lowest BCUT2D eigenvalue weighted by atomic mass is 10.1. The van der Waals surface area contributed by atoms with Crippen molar-refractivity contribution in [2.24, 2.45) is 0 Å². The lowest BCUT2D eigenvalue weighted by molar-refractivity contribution is -0.131. The van der Waals surface area contributed by atoms with Crippen LogP contribution in [0.5, 0.6) is 5.75 Å². The summed E-state index contributed by atoms with van der Waals surface area (Å²) in [6.07, 6.45) is 2.75. The van der Waals surface area contributed by atoms with Crippen LogP contribution in [0.4, 0.5) is 5.82 Å². The van der Waals surface area contributed by atoms with Crippen LogP contribution in [0.25, 0.3) is 0 Å². The number of carbonyl (C=O) groups is 2. The van der Waals surface area contributed by atoms with Crippen molar-refractivity contribution < 1.29 is 19.1 Å². The number of amides is 2. The number of ether oxygens (including phenoxy) is 2. The number of nitrogens with two attached hydrogens (primary N) is 1. The number of anilines is 1. The molecule has 0 unspecified atom stereocenters. The second kappa shape index (κ2) is 11.6. The molecule has 0 aliphatic heterocycles. The molecule has 33 heavy (non-hydrogen) atoms. The van der Waals surface area contributed by atoms with Crippen LogP contribution in [-0.4, -0.2) is 42.5 Å². The Morgan fingerprint density at radius 3 is 2.36 bits per heavy atom. The average Bonchev–Trinajstić information content (AvgIpc) is 2.84. The van der Waals surface area contributed by atoms with Crippen LogP contribution in [0.2, 0.25) is 0 Å². The minimum absolute atomic E-state index is 0.0915. The van der Waals surface area contributed by atoms with E-state index < -0.39 is 6.10 Å². The Morgan fingerprint density at radius 1 is 0.970 bits per heavy atom. The normalized spacial score (nSPS) is 11.5. The Kier molecular flexibility index (Phi) is 8.31. The molecule has 1 aromatic heterocycles. The number of para-hydroxylation sites is 1. The summed E-state index contributed by atoms with van der Waals surface area (Å²) >= 11 is 0. The molecular formula is C24H27N5O4. The first-order chi connectivity index (χ1) is 16.0. The van der Waals surface area contributed by atoms with Gasteiger partial charge in [0.15, 0.2) is 17.6 Å². The van der Waals surface area contributed by atoms with Crippen LogP contribution in [0.3, 0.4) is 0 Å². The molecule has 0 aliphatic carbocycles. The van der Waals surface area contributed by atoms with Gasteiger partial charge in [0, 0.05) is 38.2 Å². The van der Waals surface area contributed by atoms with E-state index in [1.54, 1.807) is 13.2 Å². The van der Waals surface area contributed by atoms with Gasteiger partial charge in [-0.15, -0.1) is 0 Å². The van der Waals surface area contributed by atoms with Crippen molar-refractivity contribution in [2.45, 2.75) is 19.1 Å². The molecule has 0 radical (unpaired) electrons. The molecule has 4 N–H and O–H groups in total. The summed E-state index contributed by atoms with van der Waals surface area (Å²) in [6.45, 7) is 0.788. The number of rotatable bonds is 10. The van der Waals surface area contributed by atoms with E-state index in [1.165, 1.54) is 19.5 Å². The Bertz CT molecular complexity index is 1090. The first-order valence-corrected chi connectivity index (χ1v) is 10.4. The number of aromatic nitrogens is 2. The number of methoxy groups -OCH3 is 2. The first kappa shape index (κ1) is 23.7. The molecule has 2 amide bonds. The van der Waals surface area contributed by atoms with Gasteiger partial charge in [0.05, 0.1) is 7.11 Å².